The number of hydrogen-bond donors (Lipinski definition) is 2. The number of hydrogen-bond acceptors (Lipinski definition) is 5. The highest BCUT2D eigenvalue weighted by molar-refractivity contribution is 6.28. The van der Waals surface area contributed by atoms with E-state index in [0.717, 1.165) is 33.6 Å². The molecule has 1 aromatic heterocycles. The SMILES string of the molecule is O=C1c2ccccc2-c2onc3c(NCc4ccccc4)cc(Nc4ccccc4)c1c23. The number of rotatable bonds is 5. The first kappa shape index (κ1) is 18.4. The van der Waals surface area contributed by atoms with Crippen LogP contribution in [-0.4, -0.2) is 10.9 Å². The maximum absolute atomic E-state index is 13.6. The van der Waals surface area contributed by atoms with Gasteiger partial charge in [-0.2, -0.15) is 0 Å². The molecule has 0 saturated heterocycles. The van der Waals surface area contributed by atoms with Gasteiger partial charge in [0, 0.05) is 23.4 Å². The molecule has 0 aliphatic heterocycles. The van der Waals surface area contributed by atoms with Gasteiger partial charge in [-0.05, 0) is 23.8 Å². The molecule has 0 spiro atoms. The Morgan fingerprint density at radius 2 is 1.47 bits per heavy atom. The molecule has 6 rings (SSSR count). The van der Waals surface area contributed by atoms with Crippen molar-refractivity contribution in [3.05, 3.63) is 108 Å². The maximum Gasteiger partial charge on any atom is 0.196 e. The van der Waals surface area contributed by atoms with Crippen LogP contribution in [0.2, 0.25) is 0 Å². The molecule has 0 bridgehead atoms. The number of carbonyl (C=O) groups is 1. The van der Waals surface area contributed by atoms with E-state index in [-0.39, 0.29) is 5.78 Å². The van der Waals surface area contributed by atoms with Crippen molar-refractivity contribution < 1.29 is 9.32 Å². The van der Waals surface area contributed by atoms with Gasteiger partial charge in [-0.1, -0.05) is 78.0 Å². The Balaban J connectivity index is 1.54. The van der Waals surface area contributed by atoms with Crippen molar-refractivity contribution in [2.75, 3.05) is 10.6 Å². The number of nitrogens with one attached hydrogen (secondary N) is 2. The third kappa shape index (κ3) is 2.94. The fraction of sp³-hybridized carbons (Fsp3) is 0.0370. The van der Waals surface area contributed by atoms with Crippen molar-refractivity contribution in [1.82, 2.24) is 5.16 Å². The van der Waals surface area contributed by atoms with Crippen LogP contribution >= 0.6 is 0 Å². The summed E-state index contributed by atoms with van der Waals surface area (Å²) in [6.45, 7) is 0.632. The van der Waals surface area contributed by atoms with E-state index >= 15 is 0 Å². The summed E-state index contributed by atoms with van der Waals surface area (Å²) in [7, 11) is 0. The smallest absolute Gasteiger partial charge is 0.196 e. The standard InChI is InChI=1S/C27H19N3O2/c31-26-19-13-7-8-14-20(19)27-24-23(26)21(29-18-11-5-2-6-12-18)15-22(25(24)30-32-27)28-16-17-9-3-1-4-10-17/h1-15,28-29H,16H2. The molecule has 1 heterocycles. The summed E-state index contributed by atoms with van der Waals surface area (Å²) in [6, 6.07) is 29.5. The van der Waals surface area contributed by atoms with E-state index in [1.807, 2.05) is 78.9 Å². The third-order valence-electron chi connectivity index (χ3n) is 5.78. The molecule has 5 aromatic rings. The number of anilines is 3. The van der Waals surface area contributed by atoms with Crippen molar-refractivity contribution in [1.29, 1.82) is 0 Å². The number of carbonyl (C=O) groups excluding carboxylic acids is 1. The highest BCUT2D eigenvalue weighted by Crippen LogP contribution is 2.45. The number of para-hydroxylation sites is 1. The zero-order valence-electron chi connectivity index (χ0n) is 17.1. The number of nitrogens with zero attached hydrogens (tertiary/aromatic N) is 1. The van der Waals surface area contributed by atoms with E-state index in [2.05, 4.69) is 27.9 Å². The molecule has 0 amide bonds. The Bertz CT molecular complexity index is 1460. The Kier molecular flexibility index (Phi) is 4.25. The van der Waals surface area contributed by atoms with Gasteiger partial charge in [0.1, 0.15) is 5.52 Å². The molecular formula is C27H19N3O2. The van der Waals surface area contributed by atoms with Gasteiger partial charge >= 0.3 is 0 Å². The largest absolute Gasteiger partial charge is 0.379 e. The molecular weight excluding hydrogens is 398 g/mol. The highest BCUT2D eigenvalue weighted by atomic mass is 16.5. The Labute approximate surface area is 184 Å². The summed E-state index contributed by atoms with van der Waals surface area (Å²) >= 11 is 0. The van der Waals surface area contributed by atoms with E-state index in [1.165, 1.54) is 0 Å². The van der Waals surface area contributed by atoms with Crippen LogP contribution in [0.15, 0.2) is 95.5 Å². The van der Waals surface area contributed by atoms with Crippen LogP contribution in [0.3, 0.4) is 0 Å². The molecule has 0 unspecified atom stereocenters. The van der Waals surface area contributed by atoms with Crippen LogP contribution < -0.4 is 10.6 Å². The van der Waals surface area contributed by atoms with Gasteiger partial charge in [-0.15, -0.1) is 0 Å². The minimum Gasteiger partial charge on any atom is -0.379 e. The van der Waals surface area contributed by atoms with E-state index in [9.17, 15) is 4.79 Å². The lowest BCUT2D eigenvalue weighted by Crippen LogP contribution is -2.12. The minimum absolute atomic E-state index is 0.0330. The molecule has 0 saturated carbocycles. The lowest BCUT2D eigenvalue weighted by Gasteiger charge is -2.20. The van der Waals surface area contributed by atoms with Gasteiger partial charge in [-0.25, -0.2) is 0 Å². The first-order valence-corrected chi connectivity index (χ1v) is 10.5. The Morgan fingerprint density at radius 3 is 2.25 bits per heavy atom. The minimum atomic E-state index is -0.0330. The molecule has 0 fully saturated rings. The molecule has 2 N–H and O–H groups in total. The number of aromatic nitrogens is 1. The zero-order valence-corrected chi connectivity index (χ0v) is 17.1. The summed E-state index contributed by atoms with van der Waals surface area (Å²) in [5, 5.41) is 12.0. The van der Waals surface area contributed by atoms with Crippen LogP contribution in [0.5, 0.6) is 0 Å². The van der Waals surface area contributed by atoms with Crippen LogP contribution in [0.4, 0.5) is 17.1 Å². The van der Waals surface area contributed by atoms with Crippen LogP contribution in [0, 0.1) is 0 Å². The molecule has 4 aromatic carbocycles. The first-order valence-electron chi connectivity index (χ1n) is 10.5. The van der Waals surface area contributed by atoms with Gasteiger partial charge in [-0.3, -0.25) is 4.79 Å². The normalized spacial score (nSPS) is 11.9. The lowest BCUT2D eigenvalue weighted by molar-refractivity contribution is 0.104. The molecule has 1 aliphatic rings. The van der Waals surface area contributed by atoms with Crippen molar-refractivity contribution in [3.63, 3.8) is 0 Å². The third-order valence-corrected chi connectivity index (χ3v) is 5.78. The molecule has 0 atom stereocenters. The maximum atomic E-state index is 13.6. The van der Waals surface area contributed by atoms with E-state index in [1.54, 1.807) is 0 Å². The van der Waals surface area contributed by atoms with Gasteiger partial charge in [0.15, 0.2) is 11.5 Å². The number of benzene rings is 4. The predicted octanol–water partition coefficient (Wildman–Crippen LogP) is 6.39. The average molecular weight is 417 g/mol. The first-order chi connectivity index (χ1) is 15.8. The molecule has 0 radical (unpaired) electrons. The molecule has 5 heteroatoms. The zero-order chi connectivity index (χ0) is 21.5. The Morgan fingerprint density at radius 1 is 0.781 bits per heavy atom. The summed E-state index contributed by atoms with van der Waals surface area (Å²) in [5.41, 5.74) is 6.24. The molecule has 5 nitrogen and oxygen atoms in total. The number of ketones is 1. The van der Waals surface area contributed by atoms with E-state index < -0.39 is 0 Å². The second-order valence-corrected chi connectivity index (χ2v) is 7.79. The Hall–Kier alpha value is -4.38. The van der Waals surface area contributed by atoms with Crippen molar-refractivity contribution in [3.8, 4) is 11.3 Å². The second-order valence-electron chi connectivity index (χ2n) is 7.79. The molecule has 1 aliphatic carbocycles. The van der Waals surface area contributed by atoms with Crippen LogP contribution in [0.1, 0.15) is 21.5 Å². The van der Waals surface area contributed by atoms with Crippen molar-refractivity contribution >= 4 is 33.7 Å². The second kappa shape index (κ2) is 7.39. The van der Waals surface area contributed by atoms with Gasteiger partial charge in [0.2, 0.25) is 0 Å². The van der Waals surface area contributed by atoms with E-state index in [0.29, 0.717) is 28.9 Å². The predicted molar refractivity (Wildman–Crippen MR) is 126 cm³/mol. The summed E-state index contributed by atoms with van der Waals surface area (Å²) in [4.78, 5) is 13.6. The monoisotopic (exact) mass is 417 g/mol. The topological polar surface area (TPSA) is 67.2 Å². The van der Waals surface area contributed by atoms with Crippen molar-refractivity contribution in [2.24, 2.45) is 0 Å². The molecule has 32 heavy (non-hydrogen) atoms. The van der Waals surface area contributed by atoms with Gasteiger partial charge in [0.25, 0.3) is 0 Å². The van der Waals surface area contributed by atoms with E-state index in [4.69, 9.17) is 4.52 Å². The van der Waals surface area contributed by atoms with Crippen LogP contribution in [-0.2, 0) is 6.54 Å². The average Bonchev–Trinajstić information content (AvgIpc) is 3.29. The van der Waals surface area contributed by atoms with Gasteiger partial charge in [0.05, 0.1) is 22.3 Å². The fourth-order valence-corrected chi connectivity index (χ4v) is 4.26. The molecule has 154 valence electrons. The summed E-state index contributed by atoms with van der Waals surface area (Å²) in [6.07, 6.45) is 0. The van der Waals surface area contributed by atoms with Crippen molar-refractivity contribution in [2.45, 2.75) is 6.54 Å². The summed E-state index contributed by atoms with van der Waals surface area (Å²) in [5.74, 6) is 0.596. The fourth-order valence-electron chi connectivity index (χ4n) is 4.26. The highest BCUT2D eigenvalue weighted by Gasteiger charge is 2.32. The lowest BCUT2D eigenvalue weighted by atomic mass is 9.86. The van der Waals surface area contributed by atoms with Crippen LogP contribution in [0.25, 0.3) is 22.2 Å². The van der Waals surface area contributed by atoms with Gasteiger partial charge < -0.3 is 15.2 Å². The quantitative estimate of drug-likeness (QED) is 0.340. The summed E-state index contributed by atoms with van der Waals surface area (Å²) < 4.78 is 5.80. The number of fused-ring (bicyclic) bond motifs is 2.